The zero-order chi connectivity index (χ0) is 12.3. The van der Waals surface area contributed by atoms with E-state index in [1.807, 2.05) is 0 Å². The maximum atomic E-state index is 3.69. The first-order valence-corrected chi connectivity index (χ1v) is 7.03. The molecule has 1 heteroatoms. The zero-order valence-electron chi connectivity index (χ0n) is 11.4. The Morgan fingerprint density at radius 2 is 1.88 bits per heavy atom. The van der Waals surface area contributed by atoms with Gasteiger partial charge in [0.05, 0.1) is 0 Å². The molecule has 0 bridgehead atoms. The summed E-state index contributed by atoms with van der Waals surface area (Å²) in [5.74, 6) is 0.844. The topological polar surface area (TPSA) is 12.0 Å². The fraction of sp³-hybridized carbons (Fsp3) is 0.625. The van der Waals surface area contributed by atoms with Crippen LogP contribution in [0.2, 0.25) is 0 Å². The monoisotopic (exact) mass is 231 g/mol. The number of rotatable bonds is 4. The Morgan fingerprint density at radius 1 is 1.18 bits per heavy atom. The van der Waals surface area contributed by atoms with Gasteiger partial charge in [-0.15, -0.1) is 0 Å². The number of hydrogen-bond acceptors (Lipinski definition) is 1. The Morgan fingerprint density at radius 3 is 2.47 bits per heavy atom. The molecule has 0 aromatic heterocycles. The minimum atomic E-state index is 0.571. The van der Waals surface area contributed by atoms with Gasteiger partial charge in [-0.3, -0.25) is 0 Å². The summed E-state index contributed by atoms with van der Waals surface area (Å²) >= 11 is 0. The molecule has 0 aliphatic heterocycles. The van der Waals surface area contributed by atoms with Crippen LogP contribution in [0.1, 0.15) is 55.3 Å². The van der Waals surface area contributed by atoms with Crippen LogP contribution in [0.25, 0.3) is 0 Å². The summed E-state index contributed by atoms with van der Waals surface area (Å²) in [4.78, 5) is 0. The molecule has 94 valence electrons. The highest BCUT2D eigenvalue weighted by Crippen LogP contribution is 2.36. The Balaban J connectivity index is 2.21. The second kappa shape index (κ2) is 5.68. The van der Waals surface area contributed by atoms with E-state index >= 15 is 0 Å². The van der Waals surface area contributed by atoms with Crippen LogP contribution in [-0.2, 0) is 0 Å². The van der Waals surface area contributed by atoms with Crippen LogP contribution in [0, 0.1) is 19.8 Å². The third kappa shape index (κ3) is 2.90. The van der Waals surface area contributed by atoms with E-state index in [0.29, 0.717) is 6.04 Å². The molecule has 17 heavy (non-hydrogen) atoms. The molecular formula is C16H25N. The van der Waals surface area contributed by atoms with Gasteiger partial charge in [0.2, 0.25) is 0 Å². The van der Waals surface area contributed by atoms with Crippen molar-refractivity contribution in [2.24, 2.45) is 5.92 Å². The SMILES string of the molecule is CCNC(c1ccc(C)c(C)c1)C1CCCC1. The van der Waals surface area contributed by atoms with Crippen molar-refractivity contribution < 1.29 is 0 Å². The molecule has 2 rings (SSSR count). The van der Waals surface area contributed by atoms with Crippen molar-refractivity contribution in [1.82, 2.24) is 5.32 Å². The molecule has 1 unspecified atom stereocenters. The molecule has 1 aliphatic rings. The summed E-state index contributed by atoms with van der Waals surface area (Å²) in [6, 6.07) is 7.53. The Hall–Kier alpha value is -0.820. The highest BCUT2D eigenvalue weighted by molar-refractivity contribution is 5.32. The second-order valence-corrected chi connectivity index (χ2v) is 5.42. The van der Waals surface area contributed by atoms with Crippen molar-refractivity contribution in [1.29, 1.82) is 0 Å². The zero-order valence-corrected chi connectivity index (χ0v) is 11.4. The maximum Gasteiger partial charge on any atom is 0.0348 e. The van der Waals surface area contributed by atoms with Crippen LogP contribution >= 0.6 is 0 Å². The first-order valence-electron chi connectivity index (χ1n) is 7.03. The van der Waals surface area contributed by atoms with E-state index < -0.39 is 0 Å². The van der Waals surface area contributed by atoms with Gasteiger partial charge < -0.3 is 5.32 Å². The molecule has 1 saturated carbocycles. The molecule has 1 atom stereocenters. The van der Waals surface area contributed by atoms with E-state index in [4.69, 9.17) is 0 Å². The lowest BCUT2D eigenvalue weighted by molar-refractivity contribution is 0.374. The Kier molecular flexibility index (Phi) is 4.22. The van der Waals surface area contributed by atoms with Crippen molar-refractivity contribution >= 4 is 0 Å². The van der Waals surface area contributed by atoms with Crippen molar-refractivity contribution in [3.8, 4) is 0 Å². The van der Waals surface area contributed by atoms with Crippen LogP contribution in [0.3, 0.4) is 0 Å². The lowest BCUT2D eigenvalue weighted by Gasteiger charge is -2.25. The van der Waals surface area contributed by atoms with E-state index in [1.165, 1.54) is 42.4 Å². The van der Waals surface area contributed by atoms with Gasteiger partial charge in [0, 0.05) is 6.04 Å². The summed E-state index contributed by atoms with van der Waals surface area (Å²) in [5.41, 5.74) is 4.31. The van der Waals surface area contributed by atoms with Crippen LogP contribution in [0.5, 0.6) is 0 Å². The average Bonchev–Trinajstić information content (AvgIpc) is 2.83. The minimum absolute atomic E-state index is 0.571. The predicted octanol–water partition coefficient (Wildman–Crippen LogP) is 4.14. The first-order chi connectivity index (χ1) is 8.22. The lowest BCUT2D eigenvalue weighted by Crippen LogP contribution is -2.27. The predicted molar refractivity (Wildman–Crippen MR) is 74.3 cm³/mol. The standard InChI is InChI=1S/C16H25N/c1-4-17-16(14-7-5-6-8-14)15-10-9-12(2)13(3)11-15/h9-11,14,16-17H,4-8H2,1-3H3. The first kappa shape index (κ1) is 12.6. The van der Waals surface area contributed by atoms with Gasteiger partial charge >= 0.3 is 0 Å². The van der Waals surface area contributed by atoms with Gasteiger partial charge in [0.15, 0.2) is 0 Å². The number of benzene rings is 1. The second-order valence-electron chi connectivity index (χ2n) is 5.42. The molecule has 0 heterocycles. The molecule has 0 saturated heterocycles. The molecule has 1 aromatic carbocycles. The van der Waals surface area contributed by atoms with Crippen LogP contribution in [0.4, 0.5) is 0 Å². The summed E-state index contributed by atoms with van der Waals surface area (Å²) in [6.07, 6.45) is 5.62. The van der Waals surface area contributed by atoms with E-state index in [9.17, 15) is 0 Å². The highest BCUT2D eigenvalue weighted by Gasteiger charge is 2.25. The molecule has 0 spiro atoms. The normalized spacial score (nSPS) is 18.5. The van der Waals surface area contributed by atoms with Gasteiger partial charge in [0.1, 0.15) is 0 Å². The van der Waals surface area contributed by atoms with Crippen LogP contribution < -0.4 is 5.32 Å². The van der Waals surface area contributed by atoms with Gasteiger partial charge in [-0.05, 0) is 55.8 Å². The number of hydrogen-bond donors (Lipinski definition) is 1. The van der Waals surface area contributed by atoms with Crippen LogP contribution in [-0.4, -0.2) is 6.54 Å². The quantitative estimate of drug-likeness (QED) is 0.821. The number of aryl methyl sites for hydroxylation is 2. The molecule has 0 amide bonds. The Labute approximate surface area is 106 Å². The van der Waals surface area contributed by atoms with Crippen molar-refractivity contribution in [3.63, 3.8) is 0 Å². The van der Waals surface area contributed by atoms with Crippen molar-refractivity contribution in [2.45, 2.75) is 52.5 Å². The summed E-state index contributed by atoms with van der Waals surface area (Å²) < 4.78 is 0. The van der Waals surface area contributed by atoms with Crippen molar-refractivity contribution in [3.05, 3.63) is 34.9 Å². The minimum Gasteiger partial charge on any atom is -0.310 e. The average molecular weight is 231 g/mol. The molecule has 1 nitrogen and oxygen atoms in total. The molecule has 1 aromatic rings. The van der Waals surface area contributed by atoms with Gasteiger partial charge in [-0.2, -0.15) is 0 Å². The van der Waals surface area contributed by atoms with E-state index in [2.05, 4.69) is 44.3 Å². The van der Waals surface area contributed by atoms with E-state index in [0.717, 1.165) is 12.5 Å². The molecule has 1 N–H and O–H groups in total. The smallest absolute Gasteiger partial charge is 0.0348 e. The fourth-order valence-electron chi connectivity index (χ4n) is 3.03. The molecule has 1 aliphatic carbocycles. The summed E-state index contributed by atoms with van der Waals surface area (Å²) in [6.45, 7) is 7.69. The van der Waals surface area contributed by atoms with Gasteiger partial charge in [0.25, 0.3) is 0 Å². The molecule has 0 radical (unpaired) electrons. The highest BCUT2D eigenvalue weighted by atomic mass is 14.9. The van der Waals surface area contributed by atoms with Crippen molar-refractivity contribution in [2.75, 3.05) is 6.54 Å². The summed E-state index contributed by atoms with van der Waals surface area (Å²) in [5, 5.41) is 3.69. The van der Waals surface area contributed by atoms with Crippen LogP contribution in [0.15, 0.2) is 18.2 Å². The Bertz CT molecular complexity index is 364. The summed E-state index contributed by atoms with van der Waals surface area (Å²) in [7, 11) is 0. The maximum absolute atomic E-state index is 3.69. The molecule has 1 fully saturated rings. The lowest BCUT2D eigenvalue weighted by atomic mass is 9.90. The van der Waals surface area contributed by atoms with Gasteiger partial charge in [-0.1, -0.05) is 38.0 Å². The van der Waals surface area contributed by atoms with E-state index in [1.54, 1.807) is 0 Å². The third-order valence-corrected chi connectivity index (χ3v) is 4.19. The largest absolute Gasteiger partial charge is 0.310 e. The fourth-order valence-corrected chi connectivity index (χ4v) is 3.03. The van der Waals surface area contributed by atoms with Gasteiger partial charge in [-0.25, -0.2) is 0 Å². The third-order valence-electron chi connectivity index (χ3n) is 4.19. The molecular weight excluding hydrogens is 206 g/mol. The van der Waals surface area contributed by atoms with E-state index in [-0.39, 0.29) is 0 Å². The number of nitrogens with one attached hydrogen (secondary N) is 1.